The van der Waals surface area contributed by atoms with E-state index in [4.69, 9.17) is 4.74 Å². The molecule has 0 amide bonds. The molecule has 0 saturated heterocycles. The van der Waals surface area contributed by atoms with Gasteiger partial charge < -0.3 is 4.74 Å². The molecule has 3 rings (SSSR count). The second kappa shape index (κ2) is 6.66. The Morgan fingerprint density at radius 2 is 1.67 bits per heavy atom. The van der Waals surface area contributed by atoms with Crippen LogP contribution >= 0.6 is 0 Å². The Hall–Kier alpha value is -2.95. The van der Waals surface area contributed by atoms with Crippen LogP contribution in [0.3, 0.4) is 0 Å². The molecule has 5 nitrogen and oxygen atoms in total. The summed E-state index contributed by atoms with van der Waals surface area (Å²) in [4.78, 5) is 22.9. The molecule has 0 heterocycles. The van der Waals surface area contributed by atoms with Crippen molar-refractivity contribution in [3.8, 4) is 5.75 Å². The molecule has 1 aliphatic rings. The molecular formula is C19H17NO4. The number of nitro groups is 1. The van der Waals surface area contributed by atoms with Crippen molar-refractivity contribution in [3.05, 3.63) is 81.9 Å². The van der Waals surface area contributed by atoms with E-state index < -0.39 is 4.92 Å². The van der Waals surface area contributed by atoms with Crippen molar-refractivity contribution in [2.75, 3.05) is 7.11 Å². The van der Waals surface area contributed by atoms with Crippen LogP contribution in [0.1, 0.15) is 29.4 Å². The van der Waals surface area contributed by atoms with Crippen LogP contribution < -0.4 is 4.74 Å². The molecule has 0 aromatic heterocycles. The summed E-state index contributed by atoms with van der Waals surface area (Å²) in [6.07, 6.45) is 4.24. The van der Waals surface area contributed by atoms with Gasteiger partial charge >= 0.3 is 0 Å². The van der Waals surface area contributed by atoms with Crippen molar-refractivity contribution < 1.29 is 14.5 Å². The zero-order valence-corrected chi connectivity index (χ0v) is 13.2. The number of allylic oxidation sites excluding steroid dienone is 2. The lowest BCUT2D eigenvalue weighted by molar-refractivity contribution is -0.384. The molecule has 0 N–H and O–H groups in total. The van der Waals surface area contributed by atoms with Crippen molar-refractivity contribution in [1.29, 1.82) is 0 Å². The number of methoxy groups -OCH3 is 1. The fourth-order valence-electron chi connectivity index (χ4n) is 3.15. The molecule has 2 aromatic rings. The Balaban J connectivity index is 1.96. The highest BCUT2D eigenvalue weighted by molar-refractivity contribution is 5.97. The molecule has 2 aromatic carbocycles. The zero-order chi connectivity index (χ0) is 17.1. The number of carbonyl (C=O) groups is 1. The highest BCUT2D eigenvalue weighted by atomic mass is 16.6. The third-order valence-corrected chi connectivity index (χ3v) is 4.39. The number of ketones is 1. The number of carbonyl (C=O) groups excluding carboxylic acids is 1. The van der Waals surface area contributed by atoms with Gasteiger partial charge in [0, 0.05) is 18.1 Å². The molecule has 24 heavy (non-hydrogen) atoms. The normalized spacial score (nSPS) is 20.0. The molecule has 0 spiro atoms. The number of ether oxygens (including phenoxy) is 1. The van der Waals surface area contributed by atoms with Gasteiger partial charge in [0.25, 0.3) is 5.69 Å². The van der Waals surface area contributed by atoms with E-state index in [9.17, 15) is 14.9 Å². The van der Waals surface area contributed by atoms with Gasteiger partial charge in [-0.25, -0.2) is 0 Å². The van der Waals surface area contributed by atoms with E-state index in [0.29, 0.717) is 0 Å². The minimum Gasteiger partial charge on any atom is -0.497 e. The van der Waals surface area contributed by atoms with Gasteiger partial charge in [-0.1, -0.05) is 30.3 Å². The molecule has 0 saturated carbocycles. The van der Waals surface area contributed by atoms with Crippen LogP contribution in [0.4, 0.5) is 5.69 Å². The van der Waals surface area contributed by atoms with Crippen LogP contribution in [0, 0.1) is 10.1 Å². The first-order valence-corrected chi connectivity index (χ1v) is 7.69. The van der Waals surface area contributed by atoms with Gasteiger partial charge in [0.15, 0.2) is 5.78 Å². The van der Waals surface area contributed by atoms with Crippen molar-refractivity contribution in [2.45, 2.75) is 18.3 Å². The van der Waals surface area contributed by atoms with Crippen LogP contribution in [-0.2, 0) is 4.79 Å². The van der Waals surface area contributed by atoms with E-state index in [1.54, 1.807) is 25.3 Å². The maximum absolute atomic E-state index is 12.5. The number of nitro benzene ring substituents is 1. The molecule has 2 unspecified atom stereocenters. The van der Waals surface area contributed by atoms with Gasteiger partial charge in [0.2, 0.25) is 0 Å². The first-order valence-electron chi connectivity index (χ1n) is 7.69. The second-order valence-electron chi connectivity index (χ2n) is 5.75. The van der Waals surface area contributed by atoms with Crippen molar-refractivity contribution >= 4 is 11.5 Å². The summed E-state index contributed by atoms with van der Waals surface area (Å²) >= 11 is 0. The SMILES string of the molecule is COc1ccc(C2CC=CC(=O)C2c2ccc([N+](=O)[O-])cc2)cc1. The van der Waals surface area contributed by atoms with Crippen LogP contribution in [0.25, 0.3) is 0 Å². The lowest BCUT2D eigenvalue weighted by Gasteiger charge is -2.28. The minimum absolute atomic E-state index is 0.00913. The summed E-state index contributed by atoms with van der Waals surface area (Å²) in [5, 5.41) is 10.8. The van der Waals surface area contributed by atoms with Gasteiger partial charge in [-0.05, 0) is 35.8 Å². The predicted octanol–water partition coefficient (Wildman–Crippen LogP) is 4.00. The summed E-state index contributed by atoms with van der Waals surface area (Å²) in [5.74, 6) is 0.471. The minimum atomic E-state index is -0.437. The average molecular weight is 323 g/mol. The van der Waals surface area contributed by atoms with E-state index in [1.165, 1.54) is 12.1 Å². The number of rotatable bonds is 4. The van der Waals surface area contributed by atoms with E-state index >= 15 is 0 Å². The van der Waals surface area contributed by atoms with Gasteiger partial charge in [-0.15, -0.1) is 0 Å². The van der Waals surface area contributed by atoms with Gasteiger partial charge in [-0.3, -0.25) is 14.9 Å². The first-order chi connectivity index (χ1) is 11.6. The highest BCUT2D eigenvalue weighted by Crippen LogP contribution is 2.40. The number of hydrogen-bond donors (Lipinski definition) is 0. The monoisotopic (exact) mass is 323 g/mol. The Kier molecular flexibility index (Phi) is 4.42. The molecule has 2 atom stereocenters. The quantitative estimate of drug-likeness (QED) is 0.630. The molecule has 0 fully saturated rings. The molecule has 0 bridgehead atoms. The number of benzene rings is 2. The topological polar surface area (TPSA) is 69.4 Å². The third kappa shape index (κ3) is 3.06. The van der Waals surface area contributed by atoms with E-state index in [0.717, 1.165) is 23.3 Å². The second-order valence-corrected chi connectivity index (χ2v) is 5.75. The zero-order valence-electron chi connectivity index (χ0n) is 13.2. The maximum Gasteiger partial charge on any atom is 0.269 e. The summed E-state index contributed by atoms with van der Waals surface area (Å²) in [6, 6.07) is 13.9. The fraction of sp³-hybridized carbons (Fsp3) is 0.211. The first kappa shape index (κ1) is 15.9. The molecule has 0 aliphatic heterocycles. The van der Waals surface area contributed by atoms with E-state index in [1.807, 2.05) is 30.3 Å². The summed E-state index contributed by atoms with van der Waals surface area (Å²) in [6.45, 7) is 0. The van der Waals surface area contributed by atoms with Gasteiger partial charge in [0.1, 0.15) is 5.75 Å². The molecule has 0 radical (unpaired) electrons. The number of non-ortho nitro benzene ring substituents is 1. The molecule has 1 aliphatic carbocycles. The highest BCUT2D eigenvalue weighted by Gasteiger charge is 2.31. The van der Waals surface area contributed by atoms with Crippen molar-refractivity contribution in [1.82, 2.24) is 0 Å². The lowest BCUT2D eigenvalue weighted by atomic mass is 9.74. The van der Waals surface area contributed by atoms with Gasteiger partial charge in [-0.2, -0.15) is 0 Å². The van der Waals surface area contributed by atoms with Crippen molar-refractivity contribution in [2.24, 2.45) is 0 Å². The maximum atomic E-state index is 12.5. The molecular weight excluding hydrogens is 306 g/mol. The standard InChI is InChI=1S/C19H17NO4/c1-24-16-11-7-13(8-12-16)17-3-2-4-18(21)19(17)14-5-9-15(10-6-14)20(22)23/h2,4-12,17,19H,3H2,1H3. The van der Waals surface area contributed by atoms with Gasteiger partial charge in [0.05, 0.1) is 18.0 Å². The number of hydrogen-bond acceptors (Lipinski definition) is 4. The fourth-order valence-corrected chi connectivity index (χ4v) is 3.15. The van der Waals surface area contributed by atoms with Crippen LogP contribution in [-0.4, -0.2) is 17.8 Å². The molecule has 122 valence electrons. The summed E-state index contributed by atoms with van der Waals surface area (Å²) in [5.41, 5.74) is 1.88. The van der Waals surface area contributed by atoms with E-state index in [-0.39, 0.29) is 23.3 Å². The van der Waals surface area contributed by atoms with Crippen LogP contribution in [0.15, 0.2) is 60.7 Å². The molecule has 5 heteroatoms. The number of nitrogens with zero attached hydrogens (tertiary/aromatic N) is 1. The third-order valence-electron chi connectivity index (χ3n) is 4.39. The average Bonchev–Trinajstić information content (AvgIpc) is 2.61. The smallest absolute Gasteiger partial charge is 0.269 e. The Morgan fingerprint density at radius 3 is 2.25 bits per heavy atom. The Bertz CT molecular complexity index is 778. The summed E-state index contributed by atoms with van der Waals surface area (Å²) in [7, 11) is 1.61. The Labute approximate surface area is 139 Å². The van der Waals surface area contributed by atoms with Crippen LogP contribution in [0.2, 0.25) is 0 Å². The van der Waals surface area contributed by atoms with Crippen molar-refractivity contribution in [3.63, 3.8) is 0 Å². The Morgan fingerprint density at radius 1 is 1.04 bits per heavy atom. The predicted molar refractivity (Wildman–Crippen MR) is 90.3 cm³/mol. The largest absolute Gasteiger partial charge is 0.497 e. The van der Waals surface area contributed by atoms with Crippen LogP contribution in [0.5, 0.6) is 5.75 Å². The van der Waals surface area contributed by atoms with E-state index in [2.05, 4.69) is 0 Å². The summed E-state index contributed by atoms with van der Waals surface area (Å²) < 4.78 is 5.18. The lowest BCUT2D eigenvalue weighted by Crippen LogP contribution is -2.22.